The number of hydrogen-bond donors (Lipinski definition) is 1. The van der Waals surface area contributed by atoms with Gasteiger partial charge in [0.15, 0.2) is 6.10 Å². The first-order valence-corrected chi connectivity index (χ1v) is 7.50. The van der Waals surface area contributed by atoms with Crippen molar-refractivity contribution >= 4 is 23.2 Å². The van der Waals surface area contributed by atoms with Gasteiger partial charge in [-0.1, -0.05) is 11.3 Å². The molecule has 1 N–H and O–H groups in total. The Kier molecular flexibility index (Phi) is 5.16. The van der Waals surface area contributed by atoms with E-state index in [1.54, 1.807) is 24.4 Å². The average Bonchev–Trinajstić information content (AvgIpc) is 3.10. The van der Waals surface area contributed by atoms with E-state index in [0.717, 1.165) is 11.3 Å². The Morgan fingerprint density at radius 3 is 2.86 bits per heavy atom. The zero-order chi connectivity index (χ0) is 16.1. The van der Waals surface area contributed by atoms with Gasteiger partial charge in [-0.05, 0) is 26.0 Å². The van der Waals surface area contributed by atoms with E-state index in [2.05, 4.69) is 5.32 Å². The third-order valence-corrected chi connectivity index (χ3v) is 3.84. The second kappa shape index (κ2) is 7.08. The van der Waals surface area contributed by atoms with Gasteiger partial charge in [0.05, 0.1) is 12.8 Å². The van der Waals surface area contributed by atoms with Crippen molar-refractivity contribution in [3.63, 3.8) is 0 Å². The minimum Gasteiger partial charge on any atom is -0.467 e. The van der Waals surface area contributed by atoms with Crippen molar-refractivity contribution in [2.75, 3.05) is 0 Å². The number of esters is 1. The summed E-state index contributed by atoms with van der Waals surface area (Å²) < 4.78 is 11.4. The number of ether oxygens (including phenoxy) is 1. The lowest BCUT2D eigenvalue weighted by Gasteiger charge is -2.13. The maximum Gasteiger partial charge on any atom is 0.326 e. The first-order chi connectivity index (χ1) is 10.5. The molecule has 1 amide bonds. The molecule has 8 heteroatoms. The number of carbonyl (C=O) groups is 2. The van der Waals surface area contributed by atoms with Crippen molar-refractivity contribution in [2.24, 2.45) is 0 Å². The van der Waals surface area contributed by atoms with Crippen LogP contribution in [0.5, 0.6) is 0 Å². The summed E-state index contributed by atoms with van der Waals surface area (Å²) in [5.41, 5.74) is 0.682. The molecule has 0 saturated carbocycles. The summed E-state index contributed by atoms with van der Waals surface area (Å²) in [6.07, 6.45) is 0.559. The fourth-order valence-electron chi connectivity index (χ4n) is 1.74. The minimum atomic E-state index is -0.947. The lowest BCUT2D eigenvalue weighted by molar-refractivity contribution is -0.155. The largest absolute Gasteiger partial charge is 0.467 e. The highest BCUT2D eigenvalue weighted by Gasteiger charge is 2.19. The van der Waals surface area contributed by atoms with Crippen LogP contribution in [-0.2, 0) is 27.4 Å². The van der Waals surface area contributed by atoms with Crippen LogP contribution in [0, 0.1) is 6.92 Å². The Morgan fingerprint density at radius 1 is 1.50 bits per heavy atom. The molecule has 0 bridgehead atoms. The molecule has 22 heavy (non-hydrogen) atoms. The quantitative estimate of drug-likeness (QED) is 0.802. The topological polar surface area (TPSA) is 90.5 Å². The summed E-state index contributed by atoms with van der Waals surface area (Å²) in [5, 5.41) is 4.26. The Hall–Kier alpha value is -2.35. The normalized spacial score (nSPS) is 11.9. The Balaban J connectivity index is 1.83. The van der Waals surface area contributed by atoms with E-state index in [9.17, 15) is 14.4 Å². The van der Waals surface area contributed by atoms with Crippen LogP contribution < -0.4 is 10.2 Å². The molecule has 2 aromatic rings. The molecule has 0 unspecified atom stereocenters. The van der Waals surface area contributed by atoms with Gasteiger partial charge >= 0.3 is 10.8 Å². The van der Waals surface area contributed by atoms with Crippen LogP contribution in [0.25, 0.3) is 0 Å². The highest BCUT2D eigenvalue weighted by molar-refractivity contribution is 7.07. The number of nitrogens with zero attached hydrogens (tertiary/aromatic N) is 1. The number of furan rings is 1. The fourth-order valence-corrected chi connectivity index (χ4v) is 2.48. The molecule has 0 spiro atoms. The second-order valence-electron chi connectivity index (χ2n) is 4.66. The van der Waals surface area contributed by atoms with E-state index >= 15 is 0 Å². The number of amides is 1. The predicted octanol–water partition coefficient (Wildman–Crippen LogP) is 1.06. The number of aryl methyl sites for hydroxylation is 1. The Morgan fingerprint density at radius 2 is 2.27 bits per heavy atom. The van der Waals surface area contributed by atoms with Gasteiger partial charge in [-0.25, -0.2) is 0 Å². The van der Waals surface area contributed by atoms with Gasteiger partial charge < -0.3 is 14.5 Å². The molecule has 1 atom stereocenters. The smallest absolute Gasteiger partial charge is 0.326 e. The second-order valence-corrected chi connectivity index (χ2v) is 5.48. The van der Waals surface area contributed by atoms with E-state index in [1.807, 2.05) is 0 Å². The molecule has 7 nitrogen and oxygen atoms in total. The van der Waals surface area contributed by atoms with Gasteiger partial charge in [0, 0.05) is 11.1 Å². The van der Waals surface area contributed by atoms with Crippen molar-refractivity contribution in [1.82, 2.24) is 9.88 Å². The number of aromatic nitrogens is 1. The molecule has 0 aliphatic heterocycles. The number of nitrogens with one attached hydrogen (secondary N) is 1. The lowest BCUT2D eigenvalue weighted by Crippen LogP contribution is -2.36. The van der Waals surface area contributed by atoms with Crippen molar-refractivity contribution in [1.29, 1.82) is 0 Å². The maximum absolute atomic E-state index is 11.8. The van der Waals surface area contributed by atoms with Crippen molar-refractivity contribution < 1.29 is 18.7 Å². The van der Waals surface area contributed by atoms with Crippen LogP contribution in [0.1, 0.15) is 18.4 Å². The maximum atomic E-state index is 11.8. The third-order valence-electron chi connectivity index (χ3n) is 2.96. The minimum absolute atomic E-state index is 0.204. The molecule has 2 aromatic heterocycles. The van der Waals surface area contributed by atoms with Crippen LogP contribution in [0.2, 0.25) is 0 Å². The predicted molar refractivity (Wildman–Crippen MR) is 79.4 cm³/mol. The van der Waals surface area contributed by atoms with E-state index < -0.39 is 18.0 Å². The average molecular weight is 324 g/mol. The van der Waals surface area contributed by atoms with Gasteiger partial charge in [-0.3, -0.25) is 19.0 Å². The van der Waals surface area contributed by atoms with Crippen molar-refractivity contribution in [3.8, 4) is 0 Å². The van der Waals surface area contributed by atoms with Crippen LogP contribution >= 0.6 is 11.3 Å². The monoisotopic (exact) mass is 324 g/mol. The van der Waals surface area contributed by atoms with Gasteiger partial charge in [0.2, 0.25) is 0 Å². The summed E-state index contributed by atoms with van der Waals surface area (Å²) in [6, 6.07) is 3.44. The Labute approximate surface area is 130 Å². The van der Waals surface area contributed by atoms with Crippen molar-refractivity contribution in [2.45, 2.75) is 33.0 Å². The molecule has 0 aliphatic rings. The molecule has 0 fully saturated rings. The summed E-state index contributed by atoms with van der Waals surface area (Å²) >= 11 is 1.01. The zero-order valence-electron chi connectivity index (χ0n) is 12.2. The third kappa shape index (κ3) is 4.08. The molecule has 0 aliphatic carbocycles. The highest BCUT2D eigenvalue weighted by atomic mass is 32.1. The summed E-state index contributed by atoms with van der Waals surface area (Å²) in [5.74, 6) is -0.462. The van der Waals surface area contributed by atoms with E-state index in [4.69, 9.17) is 9.15 Å². The SMILES string of the molecule is Cc1csc(=O)n1CC(=O)O[C@@H](C)C(=O)NCc1ccco1. The molecule has 0 radical (unpaired) electrons. The summed E-state index contributed by atoms with van der Waals surface area (Å²) in [6.45, 7) is 3.21. The highest BCUT2D eigenvalue weighted by Crippen LogP contribution is 2.02. The molecule has 118 valence electrons. The number of rotatable bonds is 6. The molecule has 0 saturated heterocycles. The molecule has 2 rings (SSSR count). The first kappa shape index (κ1) is 16.0. The number of hydrogen-bond acceptors (Lipinski definition) is 6. The van der Waals surface area contributed by atoms with Gasteiger partial charge in [0.1, 0.15) is 12.3 Å². The molecular formula is C14H16N2O5S. The standard InChI is InChI=1S/C14H16N2O5S/c1-9-8-22-14(19)16(9)7-12(17)21-10(2)13(18)15-6-11-4-3-5-20-11/h3-5,8,10H,6-7H2,1-2H3,(H,15,18)/t10-/m0/s1. The van der Waals surface area contributed by atoms with Gasteiger partial charge in [0.25, 0.3) is 5.91 Å². The van der Waals surface area contributed by atoms with Crippen LogP contribution in [0.4, 0.5) is 0 Å². The van der Waals surface area contributed by atoms with E-state index in [0.29, 0.717) is 11.5 Å². The van der Waals surface area contributed by atoms with Crippen LogP contribution in [0.15, 0.2) is 33.0 Å². The van der Waals surface area contributed by atoms with Crippen molar-refractivity contribution in [3.05, 3.63) is 44.9 Å². The zero-order valence-corrected chi connectivity index (χ0v) is 13.0. The Bertz CT molecular complexity index is 701. The van der Waals surface area contributed by atoms with Gasteiger partial charge in [-0.15, -0.1) is 0 Å². The summed E-state index contributed by atoms with van der Waals surface area (Å²) in [7, 11) is 0. The molecule has 0 aromatic carbocycles. The number of carbonyl (C=O) groups excluding carboxylic acids is 2. The van der Waals surface area contributed by atoms with Crippen LogP contribution in [-0.4, -0.2) is 22.5 Å². The van der Waals surface area contributed by atoms with Gasteiger partial charge in [-0.2, -0.15) is 0 Å². The first-order valence-electron chi connectivity index (χ1n) is 6.62. The summed E-state index contributed by atoms with van der Waals surface area (Å²) in [4.78, 5) is 34.9. The number of thiazole rings is 1. The van der Waals surface area contributed by atoms with E-state index in [-0.39, 0.29) is 18.0 Å². The van der Waals surface area contributed by atoms with E-state index in [1.165, 1.54) is 17.8 Å². The fraction of sp³-hybridized carbons (Fsp3) is 0.357. The van der Waals surface area contributed by atoms with Crippen LogP contribution in [0.3, 0.4) is 0 Å². The molecular weight excluding hydrogens is 308 g/mol. The molecule has 2 heterocycles. The lowest BCUT2D eigenvalue weighted by atomic mass is 10.3.